The monoisotopic (exact) mass is 365 g/mol. The molecule has 6 nitrogen and oxygen atoms in total. The van der Waals surface area contributed by atoms with E-state index in [1.807, 2.05) is 39.0 Å². The fourth-order valence-corrected chi connectivity index (χ4v) is 2.92. The summed E-state index contributed by atoms with van der Waals surface area (Å²) in [5.74, 6) is -0.0361. The molecule has 0 spiro atoms. The third-order valence-electron chi connectivity index (χ3n) is 4.39. The van der Waals surface area contributed by atoms with Crippen LogP contribution in [-0.2, 0) is 4.79 Å². The number of nitrogens with zero attached hydrogens (tertiary/aromatic N) is 1. The Morgan fingerprint density at radius 1 is 1.07 bits per heavy atom. The van der Waals surface area contributed by atoms with Crippen LogP contribution in [0.15, 0.2) is 46.9 Å². The van der Waals surface area contributed by atoms with Crippen LogP contribution < -0.4 is 10.6 Å². The van der Waals surface area contributed by atoms with Crippen molar-refractivity contribution in [1.29, 1.82) is 0 Å². The van der Waals surface area contributed by atoms with Crippen molar-refractivity contribution in [2.24, 2.45) is 5.92 Å². The van der Waals surface area contributed by atoms with Crippen LogP contribution >= 0.6 is 0 Å². The van der Waals surface area contributed by atoms with Gasteiger partial charge in [-0.05, 0) is 42.7 Å². The molecule has 2 N–H and O–H groups in total. The zero-order chi connectivity index (χ0) is 19.6. The van der Waals surface area contributed by atoms with Gasteiger partial charge in [-0.1, -0.05) is 32.0 Å². The van der Waals surface area contributed by atoms with Gasteiger partial charge < -0.3 is 15.1 Å². The molecular weight excluding hydrogens is 342 g/mol. The minimum absolute atomic E-state index is 0.0732. The molecule has 140 valence electrons. The molecule has 3 rings (SSSR count). The van der Waals surface area contributed by atoms with Gasteiger partial charge in [0.15, 0.2) is 11.5 Å². The first kappa shape index (κ1) is 18.6. The van der Waals surface area contributed by atoms with Crippen molar-refractivity contribution in [3.05, 3.63) is 59.5 Å². The average molecular weight is 365 g/mol. The van der Waals surface area contributed by atoms with Crippen LogP contribution in [0.25, 0.3) is 11.1 Å². The van der Waals surface area contributed by atoms with Crippen molar-refractivity contribution in [3.63, 3.8) is 0 Å². The fraction of sp³-hybridized carbons (Fsp3) is 0.286. The van der Waals surface area contributed by atoms with Gasteiger partial charge in [0.25, 0.3) is 5.91 Å². The lowest BCUT2D eigenvalue weighted by Gasteiger charge is -2.22. The van der Waals surface area contributed by atoms with E-state index in [2.05, 4.69) is 15.6 Å². The third-order valence-corrected chi connectivity index (χ3v) is 4.39. The van der Waals surface area contributed by atoms with Gasteiger partial charge in [0.1, 0.15) is 11.6 Å². The van der Waals surface area contributed by atoms with Gasteiger partial charge in [0.2, 0.25) is 5.91 Å². The van der Waals surface area contributed by atoms with Gasteiger partial charge in [-0.3, -0.25) is 9.59 Å². The largest absolute Gasteiger partial charge is 0.441 e. The van der Waals surface area contributed by atoms with E-state index < -0.39 is 6.04 Å². The Hall–Kier alpha value is -3.15. The number of aryl methyl sites for hydroxylation is 2. The van der Waals surface area contributed by atoms with E-state index in [-0.39, 0.29) is 17.7 Å². The number of carbonyl (C=O) groups is 2. The molecule has 0 fully saturated rings. The number of hydrogen-bond donors (Lipinski definition) is 2. The van der Waals surface area contributed by atoms with Crippen LogP contribution in [0.4, 0.5) is 5.69 Å². The number of anilines is 1. The molecule has 6 heteroatoms. The fourth-order valence-electron chi connectivity index (χ4n) is 2.92. The second-order valence-corrected chi connectivity index (χ2v) is 6.91. The van der Waals surface area contributed by atoms with Crippen LogP contribution in [0.3, 0.4) is 0 Å². The number of oxazole rings is 1. The highest BCUT2D eigenvalue weighted by atomic mass is 16.3. The second kappa shape index (κ2) is 7.61. The maximum atomic E-state index is 12.8. The van der Waals surface area contributed by atoms with Gasteiger partial charge in [-0.2, -0.15) is 0 Å². The number of fused-ring (bicyclic) bond motifs is 1. The molecule has 3 aromatic rings. The lowest BCUT2D eigenvalue weighted by Crippen LogP contribution is -2.47. The molecule has 0 saturated carbocycles. The number of rotatable bonds is 5. The van der Waals surface area contributed by atoms with Crippen molar-refractivity contribution in [2.45, 2.75) is 33.7 Å². The Kier molecular flexibility index (Phi) is 5.26. The van der Waals surface area contributed by atoms with E-state index in [0.29, 0.717) is 28.2 Å². The van der Waals surface area contributed by atoms with E-state index in [9.17, 15) is 9.59 Å². The predicted octanol–water partition coefficient (Wildman–Crippen LogP) is 3.84. The van der Waals surface area contributed by atoms with Crippen LogP contribution in [0.5, 0.6) is 0 Å². The maximum absolute atomic E-state index is 12.8. The SMILES string of the molecule is Cc1nc2cc(NC(=O)C(NC(=O)c3ccccc3C)C(C)C)ccc2o1. The topological polar surface area (TPSA) is 84.2 Å². The maximum Gasteiger partial charge on any atom is 0.252 e. The highest BCUT2D eigenvalue weighted by molar-refractivity contribution is 6.02. The minimum atomic E-state index is -0.660. The number of aromatic nitrogens is 1. The predicted molar refractivity (Wildman–Crippen MR) is 105 cm³/mol. The van der Waals surface area contributed by atoms with Crippen molar-refractivity contribution in [3.8, 4) is 0 Å². The molecule has 0 aliphatic heterocycles. The third kappa shape index (κ3) is 4.16. The Morgan fingerprint density at radius 2 is 1.81 bits per heavy atom. The van der Waals surface area contributed by atoms with Gasteiger partial charge in [0.05, 0.1) is 0 Å². The summed E-state index contributed by atoms with van der Waals surface area (Å²) >= 11 is 0. The van der Waals surface area contributed by atoms with Gasteiger partial charge >= 0.3 is 0 Å². The zero-order valence-electron chi connectivity index (χ0n) is 15.9. The van der Waals surface area contributed by atoms with Gasteiger partial charge in [-0.25, -0.2) is 4.98 Å². The van der Waals surface area contributed by atoms with Crippen molar-refractivity contribution in [2.75, 3.05) is 5.32 Å². The van der Waals surface area contributed by atoms with Crippen molar-refractivity contribution in [1.82, 2.24) is 10.3 Å². The molecule has 0 radical (unpaired) electrons. The number of hydrogen-bond acceptors (Lipinski definition) is 4. The molecule has 0 aliphatic carbocycles. The van der Waals surface area contributed by atoms with Gasteiger partial charge in [-0.15, -0.1) is 0 Å². The first-order valence-electron chi connectivity index (χ1n) is 8.89. The number of nitrogens with one attached hydrogen (secondary N) is 2. The second-order valence-electron chi connectivity index (χ2n) is 6.91. The Labute approximate surface area is 158 Å². The van der Waals surface area contributed by atoms with E-state index in [4.69, 9.17) is 4.42 Å². The highest BCUT2D eigenvalue weighted by Gasteiger charge is 2.25. The summed E-state index contributed by atoms with van der Waals surface area (Å²) in [6.07, 6.45) is 0. The summed E-state index contributed by atoms with van der Waals surface area (Å²) in [6, 6.07) is 11.9. The molecule has 0 aliphatic rings. The smallest absolute Gasteiger partial charge is 0.252 e. The summed E-state index contributed by atoms with van der Waals surface area (Å²) in [4.78, 5) is 29.6. The summed E-state index contributed by atoms with van der Waals surface area (Å²) in [5.41, 5.74) is 3.38. The van der Waals surface area contributed by atoms with Crippen LogP contribution in [0, 0.1) is 19.8 Å². The Morgan fingerprint density at radius 3 is 2.52 bits per heavy atom. The molecule has 27 heavy (non-hydrogen) atoms. The van der Waals surface area contributed by atoms with Crippen LogP contribution in [0.1, 0.15) is 35.7 Å². The number of amides is 2. The molecular formula is C21H23N3O3. The number of carbonyl (C=O) groups excluding carboxylic acids is 2. The van der Waals surface area contributed by atoms with E-state index in [0.717, 1.165) is 5.56 Å². The van der Waals surface area contributed by atoms with Crippen molar-refractivity contribution >= 4 is 28.6 Å². The lowest BCUT2D eigenvalue weighted by atomic mass is 10.0. The molecule has 1 atom stereocenters. The highest BCUT2D eigenvalue weighted by Crippen LogP contribution is 2.20. The summed E-state index contributed by atoms with van der Waals surface area (Å²) in [7, 11) is 0. The number of benzene rings is 2. The molecule has 1 heterocycles. The average Bonchev–Trinajstić information content (AvgIpc) is 2.98. The standard InChI is InChI=1S/C21H23N3O3/c1-12(2)19(24-20(25)16-8-6-5-7-13(16)3)21(26)23-15-9-10-18-17(11-15)22-14(4)27-18/h5-12,19H,1-4H3,(H,23,26)(H,24,25). The summed E-state index contributed by atoms with van der Waals surface area (Å²) in [5, 5.41) is 5.71. The van der Waals surface area contributed by atoms with E-state index >= 15 is 0 Å². The van der Waals surface area contributed by atoms with Crippen molar-refractivity contribution < 1.29 is 14.0 Å². The molecule has 1 aromatic heterocycles. The molecule has 0 saturated heterocycles. The minimum Gasteiger partial charge on any atom is -0.441 e. The summed E-state index contributed by atoms with van der Waals surface area (Å²) in [6.45, 7) is 7.43. The Bertz CT molecular complexity index is 991. The van der Waals surface area contributed by atoms with E-state index in [1.54, 1.807) is 31.2 Å². The van der Waals surface area contributed by atoms with Crippen LogP contribution in [0.2, 0.25) is 0 Å². The molecule has 2 aromatic carbocycles. The first-order chi connectivity index (χ1) is 12.8. The summed E-state index contributed by atoms with van der Waals surface area (Å²) < 4.78 is 5.45. The molecule has 2 amide bonds. The normalized spacial score (nSPS) is 12.2. The van der Waals surface area contributed by atoms with Crippen LogP contribution in [-0.4, -0.2) is 22.8 Å². The molecule has 1 unspecified atom stereocenters. The van der Waals surface area contributed by atoms with E-state index in [1.165, 1.54) is 0 Å². The zero-order valence-corrected chi connectivity index (χ0v) is 15.9. The Balaban J connectivity index is 1.76. The lowest BCUT2D eigenvalue weighted by molar-refractivity contribution is -0.118. The molecule has 0 bridgehead atoms. The quantitative estimate of drug-likeness (QED) is 0.719. The first-order valence-corrected chi connectivity index (χ1v) is 8.89. The van der Waals surface area contributed by atoms with Gasteiger partial charge in [0, 0.05) is 18.2 Å².